The van der Waals surface area contributed by atoms with E-state index in [9.17, 15) is 9.59 Å². The molecule has 1 amide bonds. The molecule has 3 aromatic rings. The van der Waals surface area contributed by atoms with Crippen LogP contribution in [0.4, 0.5) is 5.69 Å². The van der Waals surface area contributed by atoms with Gasteiger partial charge in [0.1, 0.15) is 0 Å². The van der Waals surface area contributed by atoms with E-state index in [1.807, 2.05) is 12.3 Å². The molecule has 1 aromatic carbocycles. The van der Waals surface area contributed by atoms with Crippen LogP contribution < -0.4 is 16.2 Å². The van der Waals surface area contributed by atoms with Gasteiger partial charge in [-0.3, -0.25) is 14.0 Å². The zero-order valence-corrected chi connectivity index (χ0v) is 15.7. The van der Waals surface area contributed by atoms with Gasteiger partial charge in [0.05, 0.1) is 22.8 Å². The lowest BCUT2D eigenvalue weighted by Crippen LogP contribution is -2.25. The number of amides is 1. The monoisotopic (exact) mass is 388 g/mol. The first-order chi connectivity index (χ1) is 12.5. The van der Waals surface area contributed by atoms with Crippen LogP contribution in [0, 0.1) is 6.92 Å². The maximum Gasteiger partial charge on any atom is 0.259 e. The third kappa shape index (κ3) is 3.45. The zero-order valence-electron chi connectivity index (χ0n) is 14.1. The van der Waals surface area contributed by atoms with E-state index in [2.05, 4.69) is 15.6 Å². The van der Waals surface area contributed by atoms with Gasteiger partial charge in [0, 0.05) is 28.9 Å². The topological polar surface area (TPSA) is 75.5 Å². The summed E-state index contributed by atoms with van der Waals surface area (Å²) in [4.78, 5) is 29.5. The summed E-state index contributed by atoms with van der Waals surface area (Å²) in [6.07, 6.45) is 2.06. The molecule has 0 saturated heterocycles. The van der Waals surface area contributed by atoms with Gasteiger partial charge >= 0.3 is 0 Å². The second-order valence-electron chi connectivity index (χ2n) is 6.38. The lowest BCUT2D eigenvalue weighted by Gasteiger charge is -2.10. The highest BCUT2D eigenvalue weighted by atomic mass is 35.5. The number of carbonyl (C=O) groups is 1. The third-order valence-corrected chi connectivity index (χ3v) is 5.48. The van der Waals surface area contributed by atoms with Gasteiger partial charge in [-0.1, -0.05) is 11.6 Å². The molecule has 2 N–H and O–H groups in total. The molecule has 4 rings (SSSR count). The number of anilines is 1. The fourth-order valence-electron chi connectivity index (χ4n) is 2.68. The van der Waals surface area contributed by atoms with Crippen LogP contribution in [0.1, 0.15) is 34.6 Å². The number of aryl methyl sites for hydroxylation is 1. The standard InChI is InChI=1S/C18H17ClN4O2S/c1-10-9-26-18-22-13(7-16(24)23(10)18)8-20-12-4-5-14(15(19)6-12)17(25)21-11-2-3-11/h4-7,9,11,20H,2-3,8H2,1H3,(H,21,25). The van der Waals surface area contributed by atoms with Crippen molar-refractivity contribution in [3.05, 3.63) is 62.0 Å². The van der Waals surface area contributed by atoms with Gasteiger partial charge in [-0.2, -0.15) is 0 Å². The van der Waals surface area contributed by atoms with Gasteiger partial charge in [0.25, 0.3) is 11.5 Å². The van der Waals surface area contributed by atoms with Crippen LogP contribution in [0.3, 0.4) is 0 Å². The van der Waals surface area contributed by atoms with Crippen molar-refractivity contribution in [1.82, 2.24) is 14.7 Å². The number of carbonyl (C=O) groups excluding carboxylic acids is 1. The Morgan fingerprint density at radius 2 is 2.19 bits per heavy atom. The molecule has 0 spiro atoms. The molecule has 2 heterocycles. The predicted octanol–water partition coefficient (Wildman–Crippen LogP) is 3.22. The largest absolute Gasteiger partial charge is 0.379 e. The van der Waals surface area contributed by atoms with Gasteiger partial charge in [-0.15, -0.1) is 11.3 Å². The second kappa shape index (κ2) is 6.74. The maximum absolute atomic E-state index is 12.2. The quantitative estimate of drug-likeness (QED) is 0.703. The summed E-state index contributed by atoms with van der Waals surface area (Å²) in [5.41, 5.74) is 2.69. The fraction of sp³-hybridized carbons (Fsp3) is 0.278. The number of hydrogen-bond acceptors (Lipinski definition) is 5. The van der Waals surface area contributed by atoms with Gasteiger partial charge in [-0.05, 0) is 38.0 Å². The number of fused-ring (bicyclic) bond motifs is 1. The molecule has 0 aliphatic heterocycles. The molecule has 0 unspecified atom stereocenters. The normalized spacial score (nSPS) is 13.8. The minimum absolute atomic E-state index is 0.0873. The van der Waals surface area contributed by atoms with E-state index >= 15 is 0 Å². The number of nitrogens with one attached hydrogen (secondary N) is 2. The number of thiazole rings is 1. The predicted molar refractivity (Wildman–Crippen MR) is 103 cm³/mol. The van der Waals surface area contributed by atoms with E-state index in [-0.39, 0.29) is 17.5 Å². The highest BCUT2D eigenvalue weighted by molar-refractivity contribution is 7.15. The molecule has 134 valence electrons. The first-order valence-corrected chi connectivity index (χ1v) is 9.58. The Labute approximate surface area is 158 Å². The number of nitrogens with zero attached hydrogens (tertiary/aromatic N) is 2. The number of hydrogen-bond donors (Lipinski definition) is 2. The lowest BCUT2D eigenvalue weighted by atomic mass is 10.2. The molecule has 2 aromatic heterocycles. The van der Waals surface area contributed by atoms with Crippen LogP contribution >= 0.6 is 22.9 Å². The fourth-order valence-corrected chi connectivity index (χ4v) is 3.84. The van der Waals surface area contributed by atoms with E-state index in [1.54, 1.807) is 22.6 Å². The van der Waals surface area contributed by atoms with Crippen LogP contribution in [0.15, 0.2) is 34.4 Å². The van der Waals surface area contributed by atoms with Crippen LogP contribution in [0.2, 0.25) is 5.02 Å². The smallest absolute Gasteiger partial charge is 0.259 e. The van der Waals surface area contributed by atoms with Crippen molar-refractivity contribution in [2.75, 3.05) is 5.32 Å². The van der Waals surface area contributed by atoms with Crippen LogP contribution in [-0.2, 0) is 6.54 Å². The third-order valence-electron chi connectivity index (χ3n) is 4.23. The van der Waals surface area contributed by atoms with E-state index in [4.69, 9.17) is 11.6 Å². The van der Waals surface area contributed by atoms with Crippen molar-refractivity contribution in [3.63, 3.8) is 0 Å². The number of aromatic nitrogens is 2. The molecule has 0 bridgehead atoms. The average Bonchev–Trinajstić information content (AvgIpc) is 3.33. The number of halogens is 1. The van der Waals surface area contributed by atoms with Gasteiger partial charge in [0.15, 0.2) is 4.96 Å². The Morgan fingerprint density at radius 1 is 1.38 bits per heavy atom. The lowest BCUT2D eigenvalue weighted by molar-refractivity contribution is 0.0951. The summed E-state index contributed by atoms with van der Waals surface area (Å²) in [6.45, 7) is 2.28. The van der Waals surface area contributed by atoms with Crippen molar-refractivity contribution in [1.29, 1.82) is 0 Å². The van der Waals surface area contributed by atoms with E-state index in [0.717, 1.165) is 24.2 Å². The molecule has 1 fully saturated rings. The molecule has 0 radical (unpaired) electrons. The molecule has 6 nitrogen and oxygen atoms in total. The summed E-state index contributed by atoms with van der Waals surface area (Å²) in [7, 11) is 0. The van der Waals surface area contributed by atoms with Crippen molar-refractivity contribution < 1.29 is 4.79 Å². The summed E-state index contributed by atoms with van der Waals surface area (Å²) < 4.78 is 1.60. The van der Waals surface area contributed by atoms with Crippen molar-refractivity contribution in [3.8, 4) is 0 Å². The highest BCUT2D eigenvalue weighted by Crippen LogP contribution is 2.24. The van der Waals surface area contributed by atoms with E-state index in [1.165, 1.54) is 17.4 Å². The first kappa shape index (κ1) is 17.1. The number of rotatable bonds is 5. The highest BCUT2D eigenvalue weighted by Gasteiger charge is 2.24. The molecule has 8 heteroatoms. The Kier molecular flexibility index (Phi) is 4.42. The summed E-state index contributed by atoms with van der Waals surface area (Å²) in [5, 5.41) is 8.42. The Bertz CT molecular complexity index is 1060. The first-order valence-electron chi connectivity index (χ1n) is 8.32. The van der Waals surface area contributed by atoms with E-state index in [0.29, 0.717) is 27.8 Å². The van der Waals surface area contributed by atoms with Crippen molar-refractivity contribution >= 4 is 39.5 Å². The van der Waals surface area contributed by atoms with Crippen molar-refractivity contribution in [2.45, 2.75) is 32.4 Å². The molecule has 1 saturated carbocycles. The number of benzene rings is 1. The maximum atomic E-state index is 12.2. The molecule has 1 aliphatic carbocycles. The molecular weight excluding hydrogens is 372 g/mol. The van der Waals surface area contributed by atoms with E-state index < -0.39 is 0 Å². The van der Waals surface area contributed by atoms with Crippen LogP contribution in [0.25, 0.3) is 4.96 Å². The van der Waals surface area contributed by atoms with Gasteiger partial charge in [0.2, 0.25) is 0 Å². The Hall–Kier alpha value is -2.38. The minimum Gasteiger partial charge on any atom is -0.379 e. The molecule has 26 heavy (non-hydrogen) atoms. The second-order valence-corrected chi connectivity index (χ2v) is 7.62. The summed E-state index contributed by atoms with van der Waals surface area (Å²) in [5.74, 6) is -0.141. The SMILES string of the molecule is Cc1csc2nc(CNc3ccc(C(=O)NC4CC4)c(Cl)c3)cc(=O)n12. The zero-order chi connectivity index (χ0) is 18.3. The minimum atomic E-state index is -0.141. The Morgan fingerprint density at radius 3 is 2.92 bits per heavy atom. The van der Waals surface area contributed by atoms with Crippen LogP contribution in [0.5, 0.6) is 0 Å². The Balaban J connectivity index is 1.48. The molecular formula is C18H17ClN4O2S. The molecule has 0 atom stereocenters. The summed E-state index contributed by atoms with van der Waals surface area (Å²) >= 11 is 7.69. The van der Waals surface area contributed by atoms with Gasteiger partial charge < -0.3 is 10.6 Å². The average molecular weight is 389 g/mol. The summed E-state index contributed by atoms with van der Waals surface area (Å²) in [6, 6.07) is 7.03. The van der Waals surface area contributed by atoms with Crippen LogP contribution in [-0.4, -0.2) is 21.3 Å². The van der Waals surface area contributed by atoms with Gasteiger partial charge in [-0.25, -0.2) is 4.98 Å². The molecule has 1 aliphatic rings. The van der Waals surface area contributed by atoms with Crippen molar-refractivity contribution in [2.24, 2.45) is 0 Å².